The molecule has 158 valence electrons. The second kappa shape index (κ2) is 8.79. The summed E-state index contributed by atoms with van der Waals surface area (Å²) in [4.78, 5) is 14.4. The number of methoxy groups -OCH3 is 2. The molecule has 0 saturated carbocycles. The van der Waals surface area contributed by atoms with E-state index in [4.69, 9.17) is 18.6 Å². The number of hydrogen-bond acceptors (Lipinski definition) is 6. The van der Waals surface area contributed by atoms with Crippen molar-refractivity contribution in [3.05, 3.63) is 63.5 Å². The first-order valence-electron chi connectivity index (χ1n) is 10.3. The van der Waals surface area contributed by atoms with Crippen molar-refractivity contribution < 1.29 is 18.6 Å². The SMILES string of the molecule is CCCCc1cc(=O)oc2c3c(ccc12)OCN(Cc1ccc(OC)c(OC)c1)C3. The van der Waals surface area contributed by atoms with Gasteiger partial charge in [-0.1, -0.05) is 19.4 Å². The second-order valence-electron chi connectivity index (χ2n) is 7.56. The van der Waals surface area contributed by atoms with Gasteiger partial charge < -0.3 is 18.6 Å². The summed E-state index contributed by atoms with van der Waals surface area (Å²) >= 11 is 0. The van der Waals surface area contributed by atoms with Crippen molar-refractivity contribution in [1.82, 2.24) is 4.90 Å². The molecule has 30 heavy (non-hydrogen) atoms. The van der Waals surface area contributed by atoms with E-state index in [2.05, 4.69) is 11.8 Å². The highest BCUT2D eigenvalue weighted by atomic mass is 16.5. The molecule has 6 heteroatoms. The van der Waals surface area contributed by atoms with Crippen LogP contribution in [0.1, 0.15) is 36.5 Å². The molecule has 0 atom stereocenters. The van der Waals surface area contributed by atoms with Crippen LogP contribution in [-0.4, -0.2) is 25.9 Å². The van der Waals surface area contributed by atoms with Gasteiger partial charge in [0.1, 0.15) is 18.1 Å². The summed E-state index contributed by atoms with van der Waals surface area (Å²) in [6.07, 6.45) is 2.99. The van der Waals surface area contributed by atoms with E-state index in [1.54, 1.807) is 20.3 Å². The summed E-state index contributed by atoms with van der Waals surface area (Å²) in [5, 5.41) is 0.998. The van der Waals surface area contributed by atoms with Gasteiger partial charge in [0.25, 0.3) is 0 Å². The molecule has 0 unspecified atom stereocenters. The fourth-order valence-corrected chi connectivity index (χ4v) is 3.96. The number of ether oxygens (including phenoxy) is 3. The molecule has 0 spiro atoms. The van der Waals surface area contributed by atoms with Gasteiger partial charge in [-0.25, -0.2) is 4.79 Å². The van der Waals surface area contributed by atoms with Gasteiger partial charge in [0.2, 0.25) is 0 Å². The minimum Gasteiger partial charge on any atom is -0.493 e. The van der Waals surface area contributed by atoms with Crippen molar-refractivity contribution in [3.8, 4) is 17.2 Å². The lowest BCUT2D eigenvalue weighted by atomic mass is 10.0. The molecule has 1 aromatic heterocycles. The highest BCUT2D eigenvalue weighted by Gasteiger charge is 2.23. The molecule has 0 bridgehead atoms. The number of fused-ring (bicyclic) bond motifs is 3. The standard InChI is InChI=1S/C24H27NO5/c1-4-5-6-17-12-23(26)30-24-18(17)8-10-20-19(24)14-25(15-29-20)13-16-7-9-21(27-2)22(11-16)28-3/h7-12H,4-6,13-15H2,1-3H3. The zero-order valence-electron chi connectivity index (χ0n) is 17.7. The Labute approximate surface area is 176 Å². The molecule has 0 saturated heterocycles. The molecule has 0 amide bonds. The van der Waals surface area contributed by atoms with Crippen molar-refractivity contribution in [3.63, 3.8) is 0 Å². The zero-order valence-corrected chi connectivity index (χ0v) is 17.7. The van der Waals surface area contributed by atoms with E-state index < -0.39 is 0 Å². The van der Waals surface area contributed by atoms with Gasteiger partial charge in [0.05, 0.1) is 19.8 Å². The smallest absolute Gasteiger partial charge is 0.336 e. The number of rotatable bonds is 7. The predicted octanol–water partition coefficient (Wildman–Crippen LogP) is 4.50. The monoisotopic (exact) mass is 409 g/mol. The lowest BCUT2D eigenvalue weighted by molar-refractivity contribution is 0.0889. The van der Waals surface area contributed by atoms with E-state index in [1.807, 2.05) is 30.3 Å². The molecule has 1 aliphatic rings. The summed E-state index contributed by atoms with van der Waals surface area (Å²) in [7, 11) is 3.26. The first-order valence-corrected chi connectivity index (χ1v) is 10.3. The average molecular weight is 409 g/mol. The van der Waals surface area contributed by atoms with Crippen LogP contribution in [0.3, 0.4) is 0 Å². The highest BCUT2D eigenvalue weighted by molar-refractivity contribution is 5.85. The lowest BCUT2D eigenvalue weighted by Gasteiger charge is -2.29. The zero-order chi connectivity index (χ0) is 21.1. The molecule has 0 fully saturated rings. The Morgan fingerprint density at radius 1 is 1.07 bits per heavy atom. The van der Waals surface area contributed by atoms with Crippen molar-refractivity contribution in [2.75, 3.05) is 21.0 Å². The van der Waals surface area contributed by atoms with Gasteiger partial charge in [-0.3, -0.25) is 4.90 Å². The number of benzene rings is 2. The van der Waals surface area contributed by atoms with Gasteiger partial charge in [0, 0.05) is 24.5 Å². The molecule has 2 heterocycles. The third-order valence-electron chi connectivity index (χ3n) is 5.50. The molecular weight excluding hydrogens is 382 g/mol. The third kappa shape index (κ3) is 4.00. The van der Waals surface area contributed by atoms with E-state index in [1.165, 1.54) is 0 Å². The Morgan fingerprint density at radius 3 is 2.67 bits per heavy atom. The number of nitrogens with zero attached hydrogens (tertiary/aromatic N) is 1. The summed E-state index contributed by atoms with van der Waals surface area (Å²) in [5.41, 5.74) is 3.39. The highest BCUT2D eigenvalue weighted by Crippen LogP contribution is 2.34. The molecule has 1 aliphatic heterocycles. The molecular formula is C24H27NO5. The molecule has 3 aromatic rings. The lowest BCUT2D eigenvalue weighted by Crippen LogP contribution is -2.31. The topological polar surface area (TPSA) is 61.1 Å². The van der Waals surface area contributed by atoms with E-state index in [0.717, 1.165) is 47.1 Å². The largest absolute Gasteiger partial charge is 0.493 e. The van der Waals surface area contributed by atoms with Gasteiger partial charge in [-0.2, -0.15) is 0 Å². The van der Waals surface area contributed by atoms with Crippen LogP contribution in [0, 0.1) is 0 Å². The minimum absolute atomic E-state index is 0.306. The maximum Gasteiger partial charge on any atom is 0.336 e. The van der Waals surface area contributed by atoms with Crippen LogP contribution in [0.25, 0.3) is 11.0 Å². The van der Waals surface area contributed by atoms with Crippen LogP contribution in [-0.2, 0) is 19.5 Å². The van der Waals surface area contributed by atoms with Gasteiger partial charge in [-0.05, 0) is 48.2 Å². The normalized spacial score (nSPS) is 13.7. The van der Waals surface area contributed by atoms with Crippen LogP contribution in [0.15, 0.2) is 45.6 Å². The van der Waals surface area contributed by atoms with Crippen LogP contribution >= 0.6 is 0 Å². The Balaban J connectivity index is 1.64. The summed E-state index contributed by atoms with van der Waals surface area (Å²) in [6, 6.07) is 11.5. The number of aryl methyl sites for hydroxylation is 1. The first kappa shape index (κ1) is 20.3. The van der Waals surface area contributed by atoms with Crippen LogP contribution in [0.5, 0.6) is 17.2 Å². The van der Waals surface area contributed by atoms with Crippen LogP contribution in [0.2, 0.25) is 0 Å². The molecule has 0 aliphatic carbocycles. The van der Waals surface area contributed by atoms with Gasteiger partial charge in [0.15, 0.2) is 11.5 Å². The van der Waals surface area contributed by atoms with Crippen LogP contribution in [0.4, 0.5) is 0 Å². The summed E-state index contributed by atoms with van der Waals surface area (Å²) in [5.74, 6) is 2.18. The molecule has 6 nitrogen and oxygen atoms in total. The van der Waals surface area contributed by atoms with E-state index in [9.17, 15) is 4.79 Å². The molecule has 2 aromatic carbocycles. The molecule has 4 rings (SSSR count). The maximum atomic E-state index is 12.2. The van der Waals surface area contributed by atoms with Crippen molar-refractivity contribution >= 4 is 11.0 Å². The Bertz CT molecular complexity index is 1100. The van der Waals surface area contributed by atoms with Gasteiger partial charge >= 0.3 is 5.63 Å². The van der Waals surface area contributed by atoms with E-state index in [0.29, 0.717) is 36.9 Å². The van der Waals surface area contributed by atoms with Crippen molar-refractivity contribution in [2.45, 2.75) is 39.3 Å². The minimum atomic E-state index is -0.306. The summed E-state index contributed by atoms with van der Waals surface area (Å²) < 4.78 is 22.4. The molecule has 0 N–H and O–H groups in total. The average Bonchev–Trinajstić information content (AvgIpc) is 2.77. The van der Waals surface area contributed by atoms with Gasteiger partial charge in [-0.15, -0.1) is 0 Å². The Kier molecular flexibility index (Phi) is 5.95. The summed E-state index contributed by atoms with van der Waals surface area (Å²) in [6.45, 7) is 3.93. The first-order chi connectivity index (χ1) is 14.6. The maximum absolute atomic E-state index is 12.2. The Morgan fingerprint density at radius 2 is 1.90 bits per heavy atom. The van der Waals surface area contributed by atoms with Crippen LogP contribution < -0.4 is 19.8 Å². The second-order valence-corrected chi connectivity index (χ2v) is 7.56. The quantitative estimate of drug-likeness (QED) is 0.535. The number of unbranched alkanes of at least 4 members (excludes halogenated alkanes) is 1. The predicted molar refractivity (Wildman–Crippen MR) is 115 cm³/mol. The van der Waals surface area contributed by atoms with E-state index >= 15 is 0 Å². The van der Waals surface area contributed by atoms with Crippen molar-refractivity contribution in [2.24, 2.45) is 0 Å². The van der Waals surface area contributed by atoms with Crippen molar-refractivity contribution in [1.29, 1.82) is 0 Å². The molecule has 0 radical (unpaired) electrons. The fourth-order valence-electron chi connectivity index (χ4n) is 3.96. The van der Waals surface area contributed by atoms with E-state index in [-0.39, 0.29) is 5.63 Å². The third-order valence-corrected chi connectivity index (χ3v) is 5.50. The number of hydrogen-bond donors (Lipinski definition) is 0. The Hall–Kier alpha value is -2.99. The fraction of sp³-hybridized carbons (Fsp3) is 0.375.